The van der Waals surface area contributed by atoms with Gasteiger partial charge in [0.2, 0.25) is 0 Å². The summed E-state index contributed by atoms with van der Waals surface area (Å²) in [6.07, 6.45) is 3.37. The predicted octanol–water partition coefficient (Wildman–Crippen LogP) is 3.84. The summed E-state index contributed by atoms with van der Waals surface area (Å²) in [5.41, 5.74) is 3.32. The first-order valence-corrected chi connectivity index (χ1v) is 10.3. The number of rotatable bonds is 3. The van der Waals surface area contributed by atoms with Crippen LogP contribution in [0, 0.1) is 19.7 Å². The molecule has 1 N–H and O–H groups in total. The first-order valence-electron chi connectivity index (χ1n) is 10.3. The third-order valence-electron chi connectivity index (χ3n) is 5.76. The van der Waals surface area contributed by atoms with Crippen molar-refractivity contribution in [3.8, 4) is 0 Å². The quantitative estimate of drug-likeness (QED) is 0.545. The van der Waals surface area contributed by atoms with E-state index in [4.69, 9.17) is 4.42 Å². The summed E-state index contributed by atoms with van der Waals surface area (Å²) in [5, 5.41) is 3.72. The van der Waals surface area contributed by atoms with Crippen LogP contribution in [-0.4, -0.2) is 53.4 Å². The lowest BCUT2D eigenvalue weighted by molar-refractivity contribution is 0.102. The molecular formula is C23H24FN5O2. The van der Waals surface area contributed by atoms with E-state index < -0.39 is 5.82 Å². The largest absolute Gasteiger partial charge is 0.460 e. The number of halogens is 1. The summed E-state index contributed by atoms with van der Waals surface area (Å²) < 4.78 is 21.9. The molecule has 5 rings (SSSR count). The van der Waals surface area contributed by atoms with Crippen molar-refractivity contribution in [3.63, 3.8) is 0 Å². The molecule has 1 aliphatic rings. The SMILES string of the molecule is Cc1cn2cc(NC(=O)c3ccc(N4CCN(C)CC4)c4cc(C)oc34)cc(F)c2n1. The summed E-state index contributed by atoms with van der Waals surface area (Å²) in [4.78, 5) is 21.9. The molecule has 1 aliphatic heterocycles. The molecule has 0 radical (unpaired) electrons. The second kappa shape index (κ2) is 7.39. The third kappa shape index (κ3) is 3.53. The Morgan fingerprint density at radius 2 is 1.90 bits per heavy atom. The molecule has 160 valence electrons. The second-order valence-electron chi connectivity index (χ2n) is 8.17. The molecule has 1 fully saturated rings. The monoisotopic (exact) mass is 421 g/mol. The van der Waals surface area contributed by atoms with Crippen LogP contribution in [0.2, 0.25) is 0 Å². The molecule has 0 unspecified atom stereocenters. The van der Waals surface area contributed by atoms with Gasteiger partial charge in [-0.05, 0) is 39.1 Å². The fraction of sp³-hybridized carbons (Fsp3) is 0.304. The highest BCUT2D eigenvalue weighted by molar-refractivity contribution is 6.13. The summed E-state index contributed by atoms with van der Waals surface area (Å²) >= 11 is 0. The molecule has 3 aromatic heterocycles. The maximum Gasteiger partial charge on any atom is 0.259 e. The number of nitrogens with zero attached hydrogens (tertiary/aromatic N) is 4. The topological polar surface area (TPSA) is 66.0 Å². The van der Waals surface area contributed by atoms with Gasteiger partial charge in [0.15, 0.2) is 11.5 Å². The van der Waals surface area contributed by atoms with Crippen molar-refractivity contribution in [3.05, 3.63) is 59.5 Å². The number of aryl methyl sites for hydroxylation is 2. The normalized spacial score (nSPS) is 15.2. The number of nitrogens with one attached hydrogen (secondary N) is 1. The van der Waals surface area contributed by atoms with Gasteiger partial charge in [0.1, 0.15) is 11.3 Å². The predicted molar refractivity (Wildman–Crippen MR) is 119 cm³/mol. The lowest BCUT2D eigenvalue weighted by atomic mass is 10.1. The van der Waals surface area contributed by atoms with Crippen molar-refractivity contribution in [2.45, 2.75) is 13.8 Å². The van der Waals surface area contributed by atoms with E-state index in [0.717, 1.165) is 43.0 Å². The standard InChI is InChI=1S/C23H24FN5O2/c1-14-12-29-13-16(11-19(24)22(29)25-14)26-23(30)17-4-5-20(18-10-15(2)31-21(17)18)28-8-6-27(3)7-9-28/h4-5,10-13H,6-9H2,1-3H3,(H,26,30). The number of anilines is 2. The van der Waals surface area contributed by atoms with E-state index in [1.807, 2.05) is 19.1 Å². The molecule has 4 aromatic rings. The van der Waals surface area contributed by atoms with Crippen LogP contribution in [0.3, 0.4) is 0 Å². The van der Waals surface area contributed by atoms with Crippen molar-refractivity contribution in [1.82, 2.24) is 14.3 Å². The van der Waals surface area contributed by atoms with E-state index in [0.29, 0.717) is 22.5 Å². The highest BCUT2D eigenvalue weighted by atomic mass is 19.1. The number of aromatic nitrogens is 2. The Labute approximate surface area is 179 Å². The van der Waals surface area contributed by atoms with E-state index in [9.17, 15) is 9.18 Å². The third-order valence-corrected chi connectivity index (χ3v) is 5.76. The molecule has 0 bridgehead atoms. The lowest BCUT2D eigenvalue weighted by Crippen LogP contribution is -2.44. The van der Waals surface area contributed by atoms with Gasteiger partial charge in [-0.3, -0.25) is 4.79 Å². The van der Waals surface area contributed by atoms with Crippen LogP contribution in [0.4, 0.5) is 15.8 Å². The minimum absolute atomic E-state index is 0.232. The number of carbonyl (C=O) groups excluding carboxylic acids is 1. The molecule has 4 heterocycles. The molecule has 8 heteroatoms. The molecule has 7 nitrogen and oxygen atoms in total. The highest BCUT2D eigenvalue weighted by Gasteiger charge is 2.22. The lowest BCUT2D eigenvalue weighted by Gasteiger charge is -2.34. The maximum atomic E-state index is 14.4. The van der Waals surface area contributed by atoms with E-state index in [2.05, 4.69) is 27.1 Å². The van der Waals surface area contributed by atoms with E-state index in [1.165, 1.54) is 6.07 Å². The number of pyridine rings is 1. The Balaban J connectivity index is 1.49. The number of furan rings is 1. The fourth-order valence-electron chi connectivity index (χ4n) is 4.18. The van der Waals surface area contributed by atoms with Crippen LogP contribution in [0.15, 0.2) is 41.1 Å². The van der Waals surface area contributed by atoms with E-state index >= 15 is 0 Å². The zero-order valence-corrected chi connectivity index (χ0v) is 17.8. The number of carbonyl (C=O) groups is 1. The van der Waals surface area contributed by atoms with Gasteiger partial charge < -0.3 is 23.9 Å². The molecule has 0 spiro atoms. The molecule has 1 aromatic carbocycles. The number of amides is 1. The molecule has 0 aliphatic carbocycles. The number of benzene rings is 1. The zero-order valence-electron chi connectivity index (χ0n) is 17.8. The summed E-state index contributed by atoms with van der Waals surface area (Å²) in [5.74, 6) is -0.0952. The van der Waals surface area contributed by atoms with Gasteiger partial charge in [-0.15, -0.1) is 0 Å². The minimum Gasteiger partial charge on any atom is -0.460 e. The Hall–Kier alpha value is -3.39. The average molecular weight is 421 g/mol. The average Bonchev–Trinajstić information content (AvgIpc) is 3.29. The number of hydrogen-bond acceptors (Lipinski definition) is 5. The van der Waals surface area contributed by atoms with E-state index in [1.54, 1.807) is 29.8 Å². The zero-order chi connectivity index (χ0) is 21.7. The minimum atomic E-state index is -0.490. The van der Waals surface area contributed by atoms with Gasteiger partial charge in [-0.2, -0.15) is 0 Å². The molecule has 0 atom stereocenters. The molecule has 0 saturated carbocycles. The van der Waals surface area contributed by atoms with Crippen LogP contribution in [0.5, 0.6) is 0 Å². The Bertz CT molecular complexity index is 1300. The first kappa shape index (κ1) is 19.6. The van der Waals surface area contributed by atoms with Gasteiger partial charge in [-0.25, -0.2) is 9.37 Å². The van der Waals surface area contributed by atoms with Gasteiger partial charge >= 0.3 is 0 Å². The van der Waals surface area contributed by atoms with Gasteiger partial charge in [-0.1, -0.05) is 0 Å². The molecular weight excluding hydrogens is 397 g/mol. The van der Waals surface area contributed by atoms with Crippen molar-refractivity contribution < 1.29 is 13.6 Å². The summed E-state index contributed by atoms with van der Waals surface area (Å²) in [6, 6.07) is 7.01. The molecule has 1 saturated heterocycles. The fourth-order valence-corrected chi connectivity index (χ4v) is 4.18. The van der Waals surface area contributed by atoms with Gasteiger partial charge in [0.05, 0.1) is 16.9 Å². The van der Waals surface area contributed by atoms with Crippen molar-refractivity contribution in [2.75, 3.05) is 43.4 Å². The van der Waals surface area contributed by atoms with Crippen LogP contribution in [0.25, 0.3) is 16.6 Å². The smallest absolute Gasteiger partial charge is 0.259 e. The summed E-state index contributed by atoms with van der Waals surface area (Å²) in [7, 11) is 2.12. The van der Waals surface area contributed by atoms with Gasteiger partial charge in [0.25, 0.3) is 5.91 Å². The van der Waals surface area contributed by atoms with Crippen molar-refractivity contribution >= 4 is 33.9 Å². The molecule has 31 heavy (non-hydrogen) atoms. The van der Waals surface area contributed by atoms with Crippen molar-refractivity contribution in [2.24, 2.45) is 0 Å². The van der Waals surface area contributed by atoms with Crippen LogP contribution in [0.1, 0.15) is 21.8 Å². The number of fused-ring (bicyclic) bond motifs is 2. The van der Waals surface area contributed by atoms with Crippen LogP contribution >= 0.6 is 0 Å². The maximum absolute atomic E-state index is 14.4. The first-order chi connectivity index (χ1) is 14.9. The number of hydrogen-bond donors (Lipinski definition) is 1. The Morgan fingerprint density at radius 1 is 1.13 bits per heavy atom. The van der Waals surface area contributed by atoms with Crippen LogP contribution in [-0.2, 0) is 0 Å². The number of likely N-dealkylation sites (N-methyl/N-ethyl adjacent to an activating group) is 1. The van der Waals surface area contributed by atoms with Crippen LogP contribution < -0.4 is 10.2 Å². The second-order valence-corrected chi connectivity index (χ2v) is 8.17. The number of piperazine rings is 1. The Kier molecular flexibility index (Phi) is 4.66. The highest BCUT2D eigenvalue weighted by Crippen LogP contribution is 2.33. The summed E-state index contributed by atoms with van der Waals surface area (Å²) in [6.45, 7) is 7.49. The van der Waals surface area contributed by atoms with E-state index in [-0.39, 0.29) is 11.6 Å². The number of imidazole rings is 1. The van der Waals surface area contributed by atoms with Crippen molar-refractivity contribution in [1.29, 1.82) is 0 Å². The molecule has 1 amide bonds. The Morgan fingerprint density at radius 3 is 2.68 bits per heavy atom. The van der Waals surface area contributed by atoms with Gasteiger partial charge in [0, 0.05) is 55.7 Å².